The zero-order valence-corrected chi connectivity index (χ0v) is 16.2. The van der Waals surface area contributed by atoms with Crippen LogP contribution in [-0.2, 0) is 14.3 Å². The van der Waals surface area contributed by atoms with Gasteiger partial charge in [-0.3, -0.25) is 19.9 Å². The molecule has 0 aliphatic carbocycles. The number of hydrogen-bond acceptors (Lipinski definition) is 6. The molecule has 0 aromatic carbocycles. The summed E-state index contributed by atoms with van der Waals surface area (Å²) in [5, 5.41) is 5.49. The molecule has 3 amide bonds. The van der Waals surface area contributed by atoms with Gasteiger partial charge in [-0.15, -0.1) is 0 Å². The van der Waals surface area contributed by atoms with Gasteiger partial charge < -0.3 is 20.7 Å². The number of aliphatic imine (C=N–C) groups is 1. The standard InChI is InChI=1S/C18H29N5O4/c1-18(2,3)27-17(26)23-10-7-12(8-11-23)20-9-6-14(19)21-13-4-5-15(24)22-16(13)25/h6,9,12-13,20H,4-5,7-8,10-11H2,1-3H3,(H2,19,21)(H,22,24,25)/b9-6-. The normalized spacial score (nSPS) is 22.7. The Labute approximate surface area is 159 Å². The van der Waals surface area contributed by atoms with Crippen molar-refractivity contribution in [1.29, 1.82) is 0 Å². The molecule has 0 aromatic rings. The van der Waals surface area contributed by atoms with Gasteiger partial charge in [-0.1, -0.05) is 0 Å². The minimum atomic E-state index is -0.621. The van der Waals surface area contributed by atoms with E-state index >= 15 is 0 Å². The number of rotatable bonds is 4. The summed E-state index contributed by atoms with van der Waals surface area (Å²) in [6.45, 7) is 6.81. The van der Waals surface area contributed by atoms with Gasteiger partial charge in [-0.2, -0.15) is 0 Å². The highest BCUT2D eigenvalue weighted by Crippen LogP contribution is 2.15. The number of nitrogens with zero attached hydrogens (tertiary/aromatic N) is 2. The Kier molecular flexibility index (Phi) is 6.81. The summed E-state index contributed by atoms with van der Waals surface area (Å²) < 4.78 is 5.38. The number of carbonyl (C=O) groups excluding carboxylic acids is 3. The second kappa shape index (κ2) is 8.88. The Balaban J connectivity index is 1.74. The van der Waals surface area contributed by atoms with Crippen LogP contribution in [0.4, 0.5) is 4.79 Å². The molecule has 2 rings (SSSR count). The maximum absolute atomic E-state index is 12.0. The number of ether oxygens (including phenoxy) is 1. The van der Waals surface area contributed by atoms with Crippen molar-refractivity contribution in [3.63, 3.8) is 0 Å². The van der Waals surface area contributed by atoms with Crippen LogP contribution in [-0.4, -0.2) is 59.4 Å². The van der Waals surface area contributed by atoms with E-state index in [1.54, 1.807) is 17.2 Å². The van der Waals surface area contributed by atoms with Gasteiger partial charge in [0.25, 0.3) is 5.91 Å². The summed E-state index contributed by atoms with van der Waals surface area (Å²) >= 11 is 0. The van der Waals surface area contributed by atoms with Crippen molar-refractivity contribution in [2.75, 3.05) is 13.1 Å². The van der Waals surface area contributed by atoms with Gasteiger partial charge in [0, 0.05) is 31.8 Å². The van der Waals surface area contributed by atoms with E-state index in [-0.39, 0.29) is 30.3 Å². The second-order valence-corrected chi connectivity index (χ2v) is 7.76. The molecule has 150 valence electrons. The van der Waals surface area contributed by atoms with Gasteiger partial charge >= 0.3 is 6.09 Å². The summed E-state index contributed by atoms with van der Waals surface area (Å²) in [5.41, 5.74) is 5.33. The fourth-order valence-corrected chi connectivity index (χ4v) is 2.85. The Morgan fingerprint density at radius 2 is 1.96 bits per heavy atom. The molecule has 1 unspecified atom stereocenters. The van der Waals surface area contributed by atoms with Crippen molar-refractivity contribution in [2.45, 2.75) is 64.1 Å². The fourth-order valence-electron chi connectivity index (χ4n) is 2.85. The van der Waals surface area contributed by atoms with Crippen LogP contribution < -0.4 is 16.4 Å². The number of nitrogens with two attached hydrogens (primary N) is 1. The molecule has 1 atom stereocenters. The smallest absolute Gasteiger partial charge is 0.410 e. The maximum Gasteiger partial charge on any atom is 0.410 e. The SMILES string of the molecule is CC(C)(C)OC(=O)N1CCC(N/C=C\C(N)=NC2CCC(=O)NC2=O)CC1. The highest BCUT2D eigenvalue weighted by Gasteiger charge is 2.27. The Morgan fingerprint density at radius 3 is 2.56 bits per heavy atom. The molecule has 2 fully saturated rings. The molecule has 2 aliphatic heterocycles. The first-order chi connectivity index (χ1) is 12.6. The van der Waals surface area contributed by atoms with Crippen LogP contribution in [0.25, 0.3) is 0 Å². The van der Waals surface area contributed by atoms with Gasteiger partial charge in [0.1, 0.15) is 17.5 Å². The summed E-state index contributed by atoms with van der Waals surface area (Å²) in [6, 6.07) is -0.396. The Bertz CT molecular complexity index is 630. The molecule has 0 bridgehead atoms. The first-order valence-corrected chi connectivity index (χ1v) is 9.21. The van der Waals surface area contributed by atoms with Crippen molar-refractivity contribution < 1.29 is 19.1 Å². The minimum Gasteiger partial charge on any atom is -0.444 e. The topological polar surface area (TPSA) is 126 Å². The number of amides is 3. The lowest BCUT2D eigenvalue weighted by Gasteiger charge is -2.33. The number of amidine groups is 1. The van der Waals surface area contributed by atoms with Gasteiger partial charge in [0.15, 0.2) is 0 Å². The third-order valence-corrected chi connectivity index (χ3v) is 4.25. The summed E-state index contributed by atoms with van der Waals surface area (Å²) in [7, 11) is 0. The number of imide groups is 1. The Morgan fingerprint density at radius 1 is 1.30 bits per heavy atom. The summed E-state index contributed by atoms with van der Waals surface area (Å²) in [4.78, 5) is 40.7. The lowest BCUT2D eigenvalue weighted by Crippen LogP contribution is -2.45. The van der Waals surface area contributed by atoms with E-state index in [1.165, 1.54) is 0 Å². The molecule has 0 aromatic heterocycles. The fraction of sp³-hybridized carbons (Fsp3) is 0.667. The molecule has 2 aliphatic rings. The lowest BCUT2D eigenvalue weighted by atomic mass is 10.1. The van der Waals surface area contributed by atoms with Gasteiger partial charge in [0.05, 0.1) is 0 Å². The average molecular weight is 379 g/mol. The van der Waals surface area contributed by atoms with E-state index in [4.69, 9.17) is 10.5 Å². The van der Waals surface area contributed by atoms with E-state index < -0.39 is 17.6 Å². The van der Waals surface area contributed by atoms with Gasteiger partial charge in [0.2, 0.25) is 5.91 Å². The first-order valence-electron chi connectivity index (χ1n) is 9.21. The number of nitrogens with one attached hydrogen (secondary N) is 2. The van der Waals surface area contributed by atoms with Crippen LogP contribution in [0.1, 0.15) is 46.5 Å². The number of hydrogen-bond donors (Lipinski definition) is 3. The molecular weight excluding hydrogens is 350 g/mol. The van der Waals surface area contributed by atoms with E-state index in [0.717, 1.165) is 12.8 Å². The molecular formula is C18H29N5O4. The monoisotopic (exact) mass is 379 g/mol. The Hall–Kier alpha value is -2.58. The minimum absolute atomic E-state index is 0.225. The van der Waals surface area contributed by atoms with Crippen LogP contribution in [0.5, 0.6) is 0 Å². The highest BCUT2D eigenvalue weighted by atomic mass is 16.6. The largest absolute Gasteiger partial charge is 0.444 e. The van der Waals surface area contributed by atoms with Crippen LogP contribution >= 0.6 is 0 Å². The van der Waals surface area contributed by atoms with Crippen molar-refractivity contribution >= 4 is 23.7 Å². The molecule has 27 heavy (non-hydrogen) atoms. The molecule has 0 radical (unpaired) electrons. The summed E-state index contributed by atoms with van der Waals surface area (Å²) in [5.74, 6) is -0.465. The average Bonchev–Trinajstić information content (AvgIpc) is 2.56. The quantitative estimate of drug-likeness (QED) is 0.374. The molecule has 2 heterocycles. The van der Waals surface area contributed by atoms with Crippen molar-refractivity contribution in [3.8, 4) is 0 Å². The molecule has 0 saturated carbocycles. The number of carbonyl (C=O) groups is 3. The summed E-state index contributed by atoms with van der Waals surface area (Å²) in [6.07, 6.45) is 5.27. The van der Waals surface area contributed by atoms with E-state index in [2.05, 4.69) is 15.6 Å². The van der Waals surface area contributed by atoms with E-state index in [1.807, 2.05) is 20.8 Å². The number of piperidine rings is 2. The second-order valence-electron chi connectivity index (χ2n) is 7.76. The zero-order chi connectivity index (χ0) is 20.0. The van der Waals surface area contributed by atoms with Crippen LogP contribution in [0.2, 0.25) is 0 Å². The molecule has 4 N–H and O–H groups in total. The zero-order valence-electron chi connectivity index (χ0n) is 16.2. The van der Waals surface area contributed by atoms with Crippen molar-refractivity contribution in [3.05, 3.63) is 12.3 Å². The van der Waals surface area contributed by atoms with Crippen LogP contribution in [0.3, 0.4) is 0 Å². The predicted octanol–water partition coefficient (Wildman–Crippen LogP) is 0.652. The van der Waals surface area contributed by atoms with Crippen LogP contribution in [0, 0.1) is 0 Å². The van der Waals surface area contributed by atoms with Crippen molar-refractivity contribution in [1.82, 2.24) is 15.5 Å². The number of likely N-dealkylation sites (tertiary alicyclic amines) is 1. The third-order valence-electron chi connectivity index (χ3n) is 4.25. The molecule has 9 heteroatoms. The lowest BCUT2D eigenvalue weighted by molar-refractivity contribution is -0.134. The molecule has 0 spiro atoms. The van der Waals surface area contributed by atoms with Gasteiger partial charge in [-0.05, 0) is 46.1 Å². The molecule has 2 saturated heterocycles. The third kappa shape index (κ3) is 6.92. The van der Waals surface area contributed by atoms with E-state index in [0.29, 0.717) is 19.5 Å². The van der Waals surface area contributed by atoms with Gasteiger partial charge in [-0.25, -0.2) is 4.79 Å². The maximum atomic E-state index is 12.0. The van der Waals surface area contributed by atoms with Crippen LogP contribution in [0.15, 0.2) is 17.3 Å². The predicted molar refractivity (Wildman–Crippen MR) is 101 cm³/mol. The first kappa shape index (κ1) is 20.7. The highest BCUT2D eigenvalue weighted by molar-refractivity contribution is 6.02. The van der Waals surface area contributed by atoms with Crippen molar-refractivity contribution in [2.24, 2.45) is 10.7 Å². The molecule has 9 nitrogen and oxygen atoms in total. The van der Waals surface area contributed by atoms with E-state index in [9.17, 15) is 14.4 Å².